The van der Waals surface area contributed by atoms with Gasteiger partial charge in [0.15, 0.2) is 0 Å². The van der Waals surface area contributed by atoms with Crippen molar-refractivity contribution >= 4 is 11.8 Å². The third-order valence-electron chi connectivity index (χ3n) is 2.78. The lowest BCUT2D eigenvalue weighted by Crippen LogP contribution is -2.21. The first-order valence-corrected chi connectivity index (χ1v) is 6.96. The minimum absolute atomic E-state index is 0.279. The first-order chi connectivity index (χ1) is 7.67. The Morgan fingerprint density at radius 1 is 1.25 bits per heavy atom. The topological polar surface area (TPSA) is 38.0 Å². The number of thioether (sulfide) groups is 1. The summed E-state index contributed by atoms with van der Waals surface area (Å²) in [5, 5.41) is 3.35. The molecule has 0 aliphatic rings. The molecule has 1 aromatic carbocycles. The second-order valence-corrected chi connectivity index (χ2v) is 5.05. The van der Waals surface area contributed by atoms with Crippen LogP contribution in [0.15, 0.2) is 29.2 Å². The van der Waals surface area contributed by atoms with Crippen LogP contribution in [-0.4, -0.2) is 19.3 Å². The van der Waals surface area contributed by atoms with Gasteiger partial charge in [0.05, 0.1) is 0 Å². The Bertz CT molecular complexity index is 295. The van der Waals surface area contributed by atoms with E-state index in [9.17, 15) is 0 Å². The molecule has 0 saturated carbocycles. The molecule has 2 unspecified atom stereocenters. The van der Waals surface area contributed by atoms with E-state index < -0.39 is 0 Å². The Kier molecular flexibility index (Phi) is 5.88. The van der Waals surface area contributed by atoms with E-state index in [0.29, 0.717) is 6.04 Å². The van der Waals surface area contributed by atoms with Gasteiger partial charge in [0.1, 0.15) is 0 Å². The van der Waals surface area contributed by atoms with Crippen LogP contribution in [0.2, 0.25) is 0 Å². The Labute approximate surface area is 103 Å². The lowest BCUT2D eigenvalue weighted by atomic mass is 10.0. The van der Waals surface area contributed by atoms with Gasteiger partial charge < -0.3 is 11.1 Å². The van der Waals surface area contributed by atoms with Gasteiger partial charge in [-0.3, -0.25) is 0 Å². The van der Waals surface area contributed by atoms with Crippen LogP contribution in [0.3, 0.4) is 0 Å². The Balaban J connectivity index is 2.63. The normalized spacial score (nSPS) is 14.8. The van der Waals surface area contributed by atoms with Crippen LogP contribution in [0.1, 0.15) is 31.4 Å². The van der Waals surface area contributed by atoms with Crippen LogP contribution < -0.4 is 11.1 Å². The summed E-state index contributed by atoms with van der Waals surface area (Å²) in [6.45, 7) is 2.06. The second-order valence-electron chi connectivity index (χ2n) is 4.17. The Hall–Kier alpha value is -0.510. The third kappa shape index (κ3) is 4.16. The minimum Gasteiger partial charge on any atom is -0.328 e. The van der Waals surface area contributed by atoms with Crippen molar-refractivity contribution in [1.82, 2.24) is 5.32 Å². The van der Waals surface area contributed by atoms with Crippen LogP contribution in [0, 0.1) is 0 Å². The third-order valence-corrected chi connectivity index (χ3v) is 3.52. The quantitative estimate of drug-likeness (QED) is 0.748. The van der Waals surface area contributed by atoms with Crippen LogP contribution in [0.5, 0.6) is 0 Å². The van der Waals surface area contributed by atoms with Crippen molar-refractivity contribution in [3.05, 3.63) is 29.8 Å². The summed E-state index contributed by atoms with van der Waals surface area (Å²) >= 11 is 1.77. The molecule has 0 fully saturated rings. The molecular weight excluding hydrogens is 216 g/mol. The van der Waals surface area contributed by atoms with Crippen molar-refractivity contribution in [1.29, 1.82) is 0 Å². The number of nitrogens with one attached hydrogen (secondary N) is 1. The van der Waals surface area contributed by atoms with Crippen molar-refractivity contribution in [2.24, 2.45) is 5.73 Å². The predicted molar refractivity (Wildman–Crippen MR) is 72.9 cm³/mol. The molecule has 2 atom stereocenters. The van der Waals surface area contributed by atoms with Crippen molar-refractivity contribution in [3.8, 4) is 0 Å². The molecule has 0 aliphatic heterocycles. The first-order valence-electron chi connectivity index (χ1n) is 5.74. The van der Waals surface area contributed by atoms with Gasteiger partial charge in [-0.1, -0.05) is 12.1 Å². The van der Waals surface area contributed by atoms with Crippen molar-refractivity contribution in [2.75, 3.05) is 13.3 Å². The summed E-state index contributed by atoms with van der Waals surface area (Å²) in [6.07, 6.45) is 4.24. The summed E-state index contributed by atoms with van der Waals surface area (Å²) in [6, 6.07) is 9.46. The lowest BCUT2D eigenvalue weighted by Gasteiger charge is -2.18. The molecule has 90 valence electrons. The molecule has 3 heteroatoms. The van der Waals surface area contributed by atoms with Gasteiger partial charge in [-0.15, -0.1) is 11.8 Å². The average Bonchev–Trinajstić information content (AvgIpc) is 2.30. The van der Waals surface area contributed by atoms with Crippen LogP contribution in [0.25, 0.3) is 0 Å². The highest BCUT2D eigenvalue weighted by atomic mass is 32.2. The van der Waals surface area contributed by atoms with Crippen molar-refractivity contribution in [2.45, 2.75) is 36.7 Å². The van der Waals surface area contributed by atoms with E-state index in [1.807, 2.05) is 7.05 Å². The van der Waals surface area contributed by atoms with Crippen molar-refractivity contribution < 1.29 is 0 Å². The average molecular weight is 238 g/mol. The van der Waals surface area contributed by atoms with Crippen molar-refractivity contribution in [3.63, 3.8) is 0 Å². The smallest absolute Gasteiger partial charge is 0.0318 e. The lowest BCUT2D eigenvalue weighted by molar-refractivity contribution is 0.496. The number of hydrogen-bond acceptors (Lipinski definition) is 3. The minimum atomic E-state index is 0.279. The number of hydrogen-bond donors (Lipinski definition) is 2. The molecule has 3 N–H and O–H groups in total. The molecule has 0 saturated heterocycles. The molecular formula is C13H22N2S. The highest BCUT2D eigenvalue weighted by Gasteiger charge is 2.09. The van der Waals surface area contributed by atoms with E-state index >= 15 is 0 Å². The fourth-order valence-corrected chi connectivity index (χ4v) is 2.15. The molecule has 0 spiro atoms. The zero-order chi connectivity index (χ0) is 12.0. The van der Waals surface area contributed by atoms with E-state index in [1.54, 1.807) is 11.8 Å². The largest absolute Gasteiger partial charge is 0.328 e. The van der Waals surface area contributed by atoms with E-state index in [4.69, 9.17) is 5.73 Å². The highest BCUT2D eigenvalue weighted by Crippen LogP contribution is 2.22. The van der Waals surface area contributed by atoms with Gasteiger partial charge in [0, 0.05) is 17.0 Å². The zero-order valence-corrected chi connectivity index (χ0v) is 11.2. The summed E-state index contributed by atoms with van der Waals surface area (Å²) in [4.78, 5) is 1.31. The summed E-state index contributed by atoms with van der Waals surface area (Å²) < 4.78 is 0. The first kappa shape index (κ1) is 13.6. The van der Waals surface area contributed by atoms with Gasteiger partial charge in [0.2, 0.25) is 0 Å². The zero-order valence-electron chi connectivity index (χ0n) is 10.4. The predicted octanol–water partition coefficient (Wildman–Crippen LogP) is 2.80. The maximum atomic E-state index is 5.79. The molecule has 0 radical (unpaired) electrons. The van der Waals surface area contributed by atoms with Crippen LogP contribution in [-0.2, 0) is 0 Å². The number of nitrogens with two attached hydrogens (primary N) is 1. The summed E-state index contributed by atoms with van der Waals surface area (Å²) in [7, 11) is 2.01. The fourth-order valence-electron chi connectivity index (χ4n) is 1.74. The molecule has 1 rings (SSSR count). The monoisotopic (exact) mass is 238 g/mol. The second kappa shape index (κ2) is 6.94. The molecule has 0 aliphatic carbocycles. The summed E-state index contributed by atoms with van der Waals surface area (Å²) in [5.74, 6) is 0. The van der Waals surface area contributed by atoms with Crippen LogP contribution in [0.4, 0.5) is 0 Å². The van der Waals surface area contributed by atoms with Crippen LogP contribution >= 0.6 is 11.8 Å². The van der Waals surface area contributed by atoms with E-state index in [0.717, 1.165) is 12.8 Å². The van der Waals surface area contributed by atoms with Gasteiger partial charge in [-0.2, -0.15) is 0 Å². The van der Waals surface area contributed by atoms with Gasteiger partial charge in [0.25, 0.3) is 0 Å². The van der Waals surface area contributed by atoms with Gasteiger partial charge >= 0.3 is 0 Å². The van der Waals surface area contributed by atoms with E-state index in [-0.39, 0.29) is 6.04 Å². The summed E-state index contributed by atoms with van der Waals surface area (Å²) in [5.41, 5.74) is 7.14. The molecule has 1 aromatic rings. The van der Waals surface area contributed by atoms with E-state index in [1.165, 1.54) is 10.5 Å². The molecule has 16 heavy (non-hydrogen) atoms. The standard InChI is InChI=1S/C13H22N2S/c1-10(14)4-9-13(15-2)11-5-7-12(16-3)8-6-11/h5-8,10,13,15H,4,9,14H2,1-3H3. The molecule has 0 aromatic heterocycles. The maximum Gasteiger partial charge on any atom is 0.0318 e. The van der Waals surface area contributed by atoms with Gasteiger partial charge in [-0.05, 0) is 50.8 Å². The van der Waals surface area contributed by atoms with Gasteiger partial charge in [-0.25, -0.2) is 0 Å². The number of rotatable bonds is 6. The molecule has 0 amide bonds. The highest BCUT2D eigenvalue weighted by molar-refractivity contribution is 7.98. The van der Waals surface area contributed by atoms with E-state index in [2.05, 4.69) is 42.8 Å². The molecule has 0 heterocycles. The SMILES string of the molecule is CNC(CCC(C)N)c1ccc(SC)cc1. The Morgan fingerprint density at radius 3 is 2.31 bits per heavy atom. The maximum absolute atomic E-state index is 5.79. The number of benzene rings is 1. The fraction of sp³-hybridized carbons (Fsp3) is 0.538. The Morgan fingerprint density at radius 2 is 1.88 bits per heavy atom. The molecule has 0 bridgehead atoms. The molecule has 2 nitrogen and oxygen atoms in total.